The second-order valence-electron chi connectivity index (χ2n) is 10.3. The monoisotopic (exact) mass is 500 g/mol. The van der Waals surface area contributed by atoms with E-state index in [2.05, 4.69) is 36.4 Å². The fraction of sp³-hybridized carbons (Fsp3) is 0.235. The summed E-state index contributed by atoms with van der Waals surface area (Å²) in [4.78, 5) is 10.1. The van der Waals surface area contributed by atoms with Gasteiger partial charge < -0.3 is 10.2 Å². The predicted octanol–water partition coefficient (Wildman–Crippen LogP) is 7.10. The van der Waals surface area contributed by atoms with Crippen molar-refractivity contribution >= 4 is 12.4 Å². The van der Waals surface area contributed by atoms with Crippen LogP contribution in [0.25, 0.3) is 0 Å². The smallest absolute Gasteiger partial charge is 0.127 e. The fourth-order valence-electron chi connectivity index (χ4n) is 5.86. The van der Waals surface area contributed by atoms with Crippen LogP contribution in [0.1, 0.15) is 69.4 Å². The Balaban J connectivity index is 1.42. The van der Waals surface area contributed by atoms with Crippen LogP contribution in [-0.4, -0.2) is 22.6 Å². The van der Waals surface area contributed by atoms with Crippen LogP contribution < -0.4 is 0 Å². The molecular weight excluding hydrogens is 468 g/mol. The molecule has 38 heavy (non-hydrogen) atoms. The summed E-state index contributed by atoms with van der Waals surface area (Å²) in [6.45, 7) is 0. The molecule has 0 unspecified atom stereocenters. The molecule has 6 rings (SSSR count). The van der Waals surface area contributed by atoms with Crippen molar-refractivity contribution in [3.63, 3.8) is 0 Å². The highest BCUT2D eigenvalue weighted by Gasteiger charge is 2.25. The molecule has 2 aliphatic rings. The van der Waals surface area contributed by atoms with Gasteiger partial charge in [-0.1, -0.05) is 72.8 Å². The lowest BCUT2D eigenvalue weighted by Crippen LogP contribution is -2.09. The minimum Gasteiger partial charge on any atom is -0.507 e. The van der Waals surface area contributed by atoms with Crippen molar-refractivity contribution in [1.82, 2.24) is 0 Å². The SMILES string of the molecule is Oc1c(C=N[C@H](c2ccccc2)[C@@H](N=Cc2ccc3c(c2O)CCC3)c2ccccc2)ccc2c1CCC2. The van der Waals surface area contributed by atoms with E-state index in [1.807, 2.05) is 48.5 Å². The zero-order valence-corrected chi connectivity index (χ0v) is 21.4. The largest absolute Gasteiger partial charge is 0.507 e. The first-order chi connectivity index (χ1) is 18.7. The molecule has 4 aromatic carbocycles. The second-order valence-corrected chi connectivity index (χ2v) is 10.3. The summed E-state index contributed by atoms with van der Waals surface area (Å²) in [6, 6.07) is 27.9. The Kier molecular flexibility index (Phi) is 6.78. The zero-order valence-electron chi connectivity index (χ0n) is 21.4. The van der Waals surface area contributed by atoms with Crippen LogP contribution in [0.5, 0.6) is 11.5 Å². The Labute approximate surface area is 224 Å². The minimum atomic E-state index is -0.320. The van der Waals surface area contributed by atoms with E-state index in [0.29, 0.717) is 11.5 Å². The molecule has 2 aliphatic carbocycles. The Hall–Kier alpha value is -4.18. The predicted molar refractivity (Wildman–Crippen MR) is 154 cm³/mol. The number of phenols is 2. The lowest BCUT2D eigenvalue weighted by Gasteiger charge is -2.22. The number of hydrogen-bond acceptors (Lipinski definition) is 4. The average molecular weight is 501 g/mol. The highest BCUT2D eigenvalue weighted by atomic mass is 16.3. The summed E-state index contributed by atoms with van der Waals surface area (Å²) in [7, 11) is 0. The maximum atomic E-state index is 11.0. The molecule has 2 atom stereocenters. The standard InChI is InChI=1S/C34H32N2O2/c37-33-27(19-17-23-13-7-15-29(23)33)21-35-31(25-9-3-1-4-10-25)32(26-11-5-2-6-12-26)36-22-28-20-18-24-14-8-16-30(24)34(28)38/h1-6,9-12,17-22,31-32,37-38H,7-8,13-16H2/t31-,32+. The van der Waals surface area contributed by atoms with Crippen molar-refractivity contribution in [2.45, 2.75) is 50.6 Å². The molecule has 0 saturated carbocycles. The molecule has 2 N–H and O–H groups in total. The van der Waals surface area contributed by atoms with Crippen LogP contribution in [0.15, 0.2) is 94.9 Å². The van der Waals surface area contributed by atoms with Gasteiger partial charge in [0.2, 0.25) is 0 Å². The van der Waals surface area contributed by atoms with Gasteiger partial charge in [0.15, 0.2) is 0 Å². The first kappa shape index (κ1) is 24.2. The van der Waals surface area contributed by atoms with Gasteiger partial charge in [-0.15, -0.1) is 0 Å². The number of phenolic OH excluding ortho intramolecular Hbond substituents is 2. The molecular formula is C34H32N2O2. The molecule has 4 heteroatoms. The Morgan fingerprint density at radius 2 is 0.947 bits per heavy atom. The van der Waals surface area contributed by atoms with Gasteiger partial charge in [-0.05, 0) is 84.0 Å². The molecule has 0 radical (unpaired) electrons. The number of hydrogen-bond donors (Lipinski definition) is 2. The number of nitrogens with zero attached hydrogens (tertiary/aromatic N) is 2. The molecule has 0 heterocycles. The van der Waals surface area contributed by atoms with Gasteiger partial charge in [0.05, 0.1) is 0 Å². The topological polar surface area (TPSA) is 65.2 Å². The lowest BCUT2D eigenvalue weighted by molar-refractivity contribution is 0.467. The number of rotatable bonds is 7. The quantitative estimate of drug-likeness (QED) is 0.266. The molecule has 0 bridgehead atoms. The Bertz CT molecular complexity index is 1380. The number of aliphatic imine (C=N–C) groups is 2. The highest BCUT2D eigenvalue weighted by molar-refractivity contribution is 5.86. The van der Waals surface area contributed by atoms with Crippen LogP contribution >= 0.6 is 0 Å². The van der Waals surface area contributed by atoms with Crippen molar-refractivity contribution in [2.75, 3.05) is 0 Å². The van der Waals surface area contributed by atoms with E-state index in [1.165, 1.54) is 11.1 Å². The third-order valence-electron chi connectivity index (χ3n) is 7.90. The van der Waals surface area contributed by atoms with E-state index in [4.69, 9.17) is 9.98 Å². The molecule has 4 aromatic rings. The van der Waals surface area contributed by atoms with E-state index in [1.54, 1.807) is 12.4 Å². The normalized spacial score (nSPS) is 16.1. The van der Waals surface area contributed by atoms with E-state index in [9.17, 15) is 10.2 Å². The third kappa shape index (κ3) is 4.74. The minimum absolute atomic E-state index is 0.320. The molecule has 190 valence electrons. The van der Waals surface area contributed by atoms with Gasteiger partial charge in [-0.3, -0.25) is 9.98 Å². The summed E-state index contributed by atoms with van der Waals surface area (Å²) in [5.74, 6) is 0.691. The van der Waals surface area contributed by atoms with Crippen molar-refractivity contribution in [3.8, 4) is 11.5 Å². The first-order valence-electron chi connectivity index (χ1n) is 13.5. The number of aromatic hydroxyl groups is 2. The number of aryl methyl sites for hydroxylation is 2. The second kappa shape index (κ2) is 10.7. The molecule has 4 nitrogen and oxygen atoms in total. The summed E-state index contributed by atoms with van der Waals surface area (Å²) < 4.78 is 0. The van der Waals surface area contributed by atoms with Crippen LogP contribution in [0.2, 0.25) is 0 Å². The maximum Gasteiger partial charge on any atom is 0.127 e. The summed E-state index contributed by atoms with van der Waals surface area (Å²) in [5.41, 5.74) is 8.12. The summed E-state index contributed by atoms with van der Waals surface area (Å²) >= 11 is 0. The molecule has 0 spiro atoms. The van der Waals surface area contributed by atoms with Crippen LogP contribution in [0.3, 0.4) is 0 Å². The maximum absolute atomic E-state index is 11.0. The van der Waals surface area contributed by atoms with Gasteiger partial charge in [0.1, 0.15) is 23.6 Å². The molecule has 0 aliphatic heterocycles. The fourth-order valence-corrected chi connectivity index (χ4v) is 5.86. The lowest BCUT2D eigenvalue weighted by atomic mass is 9.94. The van der Waals surface area contributed by atoms with E-state index in [-0.39, 0.29) is 12.1 Å². The Morgan fingerprint density at radius 3 is 1.37 bits per heavy atom. The van der Waals surface area contributed by atoms with Crippen molar-refractivity contribution < 1.29 is 10.2 Å². The molecule has 0 fully saturated rings. The van der Waals surface area contributed by atoms with Crippen molar-refractivity contribution in [1.29, 1.82) is 0 Å². The van der Waals surface area contributed by atoms with Crippen molar-refractivity contribution in [2.24, 2.45) is 9.98 Å². The van der Waals surface area contributed by atoms with Crippen LogP contribution in [0.4, 0.5) is 0 Å². The Morgan fingerprint density at radius 1 is 0.526 bits per heavy atom. The molecule has 0 amide bonds. The zero-order chi connectivity index (χ0) is 25.9. The third-order valence-corrected chi connectivity index (χ3v) is 7.90. The van der Waals surface area contributed by atoms with E-state index >= 15 is 0 Å². The van der Waals surface area contributed by atoms with E-state index < -0.39 is 0 Å². The van der Waals surface area contributed by atoms with E-state index in [0.717, 1.165) is 71.9 Å². The van der Waals surface area contributed by atoms with Crippen molar-refractivity contribution in [3.05, 3.63) is 129 Å². The highest BCUT2D eigenvalue weighted by Crippen LogP contribution is 2.38. The van der Waals surface area contributed by atoms with Gasteiger partial charge in [-0.25, -0.2) is 0 Å². The van der Waals surface area contributed by atoms with Gasteiger partial charge >= 0.3 is 0 Å². The van der Waals surface area contributed by atoms with Gasteiger partial charge in [0.25, 0.3) is 0 Å². The number of fused-ring (bicyclic) bond motifs is 2. The molecule has 0 aromatic heterocycles. The first-order valence-corrected chi connectivity index (χ1v) is 13.5. The average Bonchev–Trinajstić information content (AvgIpc) is 3.64. The van der Waals surface area contributed by atoms with Crippen LogP contribution in [-0.2, 0) is 25.7 Å². The molecule has 0 saturated heterocycles. The van der Waals surface area contributed by atoms with Crippen LogP contribution in [0, 0.1) is 0 Å². The summed E-state index contributed by atoms with van der Waals surface area (Å²) in [6.07, 6.45) is 9.61. The van der Waals surface area contributed by atoms with Gasteiger partial charge in [-0.2, -0.15) is 0 Å². The summed E-state index contributed by atoms with van der Waals surface area (Å²) in [5, 5.41) is 21.9. The number of benzene rings is 4. The van der Waals surface area contributed by atoms with Gasteiger partial charge in [0, 0.05) is 23.6 Å².